The van der Waals surface area contributed by atoms with E-state index in [0.29, 0.717) is 4.86 Å². The molecule has 0 aromatic carbocycles. The van der Waals surface area contributed by atoms with Crippen molar-refractivity contribution >= 4 is 34.7 Å². The molecule has 0 N–H and O–H groups in total. The lowest BCUT2D eigenvalue weighted by Crippen LogP contribution is -1.78. The van der Waals surface area contributed by atoms with Gasteiger partial charge in [-0.25, -0.2) is 0 Å². The van der Waals surface area contributed by atoms with Gasteiger partial charge in [0.05, 0.1) is 5.37 Å². The summed E-state index contributed by atoms with van der Waals surface area (Å²) in [6.07, 6.45) is 0. The Morgan fingerprint density at radius 3 is 2.00 bits per heavy atom. The summed E-state index contributed by atoms with van der Waals surface area (Å²) in [5.74, 6) is 0. The van der Waals surface area contributed by atoms with Crippen molar-refractivity contribution in [3.63, 3.8) is 0 Å². The van der Waals surface area contributed by atoms with Crippen LogP contribution in [0.3, 0.4) is 0 Å². The molecule has 2 heteroatoms. The van der Waals surface area contributed by atoms with Gasteiger partial charge < -0.3 is 0 Å². The molecular weight excluding hydrogens is 100 g/mol. The Kier molecular flexibility index (Phi) is 2.51. The third-order valence-electron chi connectivity index (χ3n) is 0.144. The van der Waals surface area contributed by atoms with Gasteiger partial charge in [-0.15, -0.1) is 0 Å². The van der Waals surface area contributed by atoms with Crippen LogP contribution in [-0.4, -0.2) is 10.2 Å². The van der Waals surface area contributed by atoms with Gasteiger partial charge in [0.15, 0.2) is 0 Å². The molecule has 0 unspecified atom stereocenters. The van der Waals surface area contributed by atoms with Gasteiger partial charge in [-0.2, -0.15) is 0 Å². The summed E-state index contributed by atoms with van der Waals surface area (Å²) in [5.41, 5.74) is 0. The normalized spacial score (nSPS) is 6.60. The molecule has 0 spiro atoms. The molecule has 0 heterocycles. The molecule has 0 atom stereocenters. The summed E-state index contributed by atoms with van der Waals surface area (Å²) >= 11 is 8.77. The van der Waals surface area contributed by atoms with Gasteiger partial charge in [-0.1, -0.05) is 24.4 Å². The van der Waals surface area contributed by atoms with E-state index in [1.54, 1.807) is 6.92 Å². The average molecular weight is 103 g/mol. The lowest BCUT2D eigenvalue weighted by molar-refractivity contribution is 2.10. The summed E-state index contributed by atoms with van der Waals surface area (Å²) in [5, 5.41) is 2.34. The second kappa shape index (κ2) is 2.42. The highest BCUT2D eigenvalue weighted by Gasteiger charge is 1.67. The molecule has 0 aliphatic rings. The zero-order valence-electron chi connectivity index (χ0n) is 2.82. The largest absolute Gasteiger partial charge is 0.0836 e. The monoisotopic (exact) mass is 103 g/mol. The van der Waals surface area contributed by atoms with Crippen molar-refractivity contribution in [3.05, 3.63) is 0 Å². The maximum Gasteiger partial charge on any atom is 0.0705 e. The molecule has 0 aromatic rings. The third-order valence-corrected chi connectivity index (χ3v) is 0.681. The quantitative estimate of drug-likeness (QED) is 0.458. The van der Waals surface area contributed by atoms with Crippen LogP contribution in [0, 0.1) is 0 Å². The highest BCUT2D eigenvalue weighted by atomic mass is 32.1. The number of hydrogen-bond donors (Lipinski definition) is 0. The van der Waals surface area contributed by atoms with E-state index in [9.17, 15) is 0 Å². The van der Waals surface area contributed by atoms with Gasteiger partial charge in [-0.05, 0) is 6.92 Å². The van der Waals surface area contributed by atoms with Gasteiger partial charge in [0.25, 0.3) is 0 Å². The Bertz CT molecular complexity index is 55.9. The van der Waals surface area contributed by atoms with E-state index >= 15 is 0 Å². The summed E-state index contributed by atoms with van der Waals surface area (Å²) in [4.78, 5) is 0.653. The van der Waals surface area contributed by atoms with Crippen molar-refractivity contribution in [2.75, 3.05) is 0 Å². The van der Waals surface area contributed by atoms with E-state index in [-0.39, 0.29) is 0 Å². The SMILES string of the molecule is CC(=S)[C]=S. The lowest BCUT2D eigenvalue weighted by Gasteiger charge is -1.63. The number of rotatable bonds is 1. The maximum atomic E-state index is 4.48. The van der Waals surface area contributed by atoms with Crippen LogP contribution in [0.4, 0.5) is 0 Å². The van der Waals surface area contributed by atoms with Crippen LogP contribution in [0.5, 0.6) is 0 Å². The zero-order chi connectivity index (χ0) is 4.28. The van der Waals surface area contributed by atoms with E-state index in [4.69, 9.17) is 0 Å². The third kappa shape index (κ3) is 4.18. The fourth-order valence-corrected chi connectivity index (χ4v) is 0. The minimum atomic E-state index is 0.653. The highest BCUT2D eigenvalue weighted by Crippen LogP contribution is 1.63. The van der Waals surface area contributed by atoms with E-state index < -0.39 is 0 Å². The topological polar surface area (TPSA) is 0 Å². The van der Waals surface area contributed by atoms with Gasteiger partial charge in [-0.3, -0.25) is 0 Å². The summed E-state index contributed by atoms with van der Waals surface area (Å²) in [6, 6.07) is 0. The van der Waals surface area contributed by atoms with Crippen LogP contribution in [0.2, 0.25) is 0 Å². The molecule has 0 saturated heterocycles. The molecule has 1 radical (unpaired) electrons. The molecule has 5 heavy (non-hydrogen) atoms. The van der Waals surface area contributed by atoms with Crippen LogP contribution in [0.1, 0.15) is 6.92 Å². The first kappa shape index (κ1) is 5.18. The molecule has 0 bridgehead atoms. The van der Waals surface area contributed by atoms with E-state index in [2.05, 4.69) is 29.8 Å². The summed E-state index contributed by atoms with van der Waals surface area (Å²) < 4.78 is 0. The summed E-state index contributed by atoms with van der Waals surface area (Å²) in [7, 11) is 0. The molecular formula is C3H3S2. The first-order valence-corrected chi connectivity index (χ1v) is 1.97. The Hall–Kier alpha value is 0.180. The minimum Gasteiger partial charge on any atom is -0.0836 e. The Balaban J connectivity index is 3.20. The number of thiocarbonyl (C=S) groups is 2. The molecule has 27 valence electrons. The average Bonchev–Trinajstić information content (AvgIpc) is 1.38. The van der Waals surface area contributed by atoms with Crippen LogP contribution >= 0.6 is 24.4 Å². The minimum absolute atomic E-state index is 0.653. The molecule has 0 rings (SSSR count). The lowest BCUT2D eigenvalue weighted by atomic mass is 10.6. The predicted octanol–water partition coefficient (Wildman–Crippen LogP) is 1.25. The second-order valence-corrected chi connectivity index (χ2v) is 1.47. The van der Waals surface area contributed by atoms with Crippen molar-refractivity contribution in [1.29, 1.82) is 0 Å². The predicted molar refractivity (Wildman–Crippen MR) is 30.9 cm³/mol. The molecule has 0 aliphatic carbocycles. The zero-order valence-corrected chi connectivity index (χ0v) is 4.45. The Labute approximate surface area is 42.2 Å². The molecule has 0 aliphatic heterocycles. The molecule has 0 amide bonds. The highest BCUT2D eigenvalue weighted by molar-refractivity contribution is 7.88. The Morgan fingerprint density at radius 1 is 1.80 bits per heavy atom. The summed E-state index contributed by atoms with van der Waals surface area (Å²) in [6.45, 7) is 1.74. The van der Waals surface area contributed by atoms with Crippen LogP contribution < -0.4 is 0 Å². The molecule has 0 fully saturated rings. The van der Waals surface area contributed by atoms with E-state index in [0.717, 1.165) is 0 Å². The van der Waals surface area contributed by atoms with Crippen LogP contribution in [0.25, 0.3) is 0 Å². The maximum absolute atomic E-state index is 4.48. The van der Waals surface area contributed by atoms with Crippen molar-refractivity contribution in [3.8, 4) is 0 Å². The Morgan fingerprint density at radius 2 is 2.00 bits per heavy atom. The fraction of sp³-hybridized carbons (Fsp3) is 0.333. The second-order valence-electron chi connectivity index (χ2n) is 0.658. The number of hydrogen-bond acceptors (Lipinski definition) is 2. The standard InChI is InChI=1S/C3H3S2/c1-3(5)2-4/h1H3. The van der Waals surface area contributed by atoms with Crippen LogP contribution in [-0.2, 0) is 0 Å². The van der Waals surface area contributed by atoms with E-state index in [1.807, 2.05) is 0 Å². The van der Waals surface area contributed by atoms with Crippen LogP contribution in [0.15, 0.2) is 0 Å². The van der Waals surface area contributed by atoms with Gasteiger partial charge >= 0.3 is 0 Å². The van der Waals surface area contributed by atoms with Crippen molar-refractivity contribution in [2.24, 2.45) is 0 Å². The van der Waals surface area contributed by atoms with Gasteiger partial charge in [0.2, 0.25) is 0 Å². The van der Waals surface area contributed by atoms with Crippen molar-refractivity contribution in [1.82, 2.24) is 0 Å². The fourth-order valence-electron chi connectivity index (χ4n) is 0. The molecule has 0 aromatic heterocycles. The first-order chi connectivity index (χ1) is 2.27. The van der Waals surface area contributed by atoms with Crippen molar-refractivity contribution in [2.45, 2.75) is 6.92 Å². The molecule has 0 nitrogen and oxygen atoms in total. The van der Waals surface area contributed by atoms with Gasteiger partial charge in [0, 0.05) is 4.86 Å². The van der Waals surface area contributed by atoms with Gasteiger partial charge in [0.1, 0.15) is 0 Å². The molecule has 0 saturated carbocycles. The smallest absolute Gasteiger partial charge is 0.0705 e. The van der Waals surface area contributed by atoms with E-state index in [1.165, 1.54) is 0 Å². The first-order valence-electron chi connectivity index (χ1n) is 1.16. The van der Waals surface area contributed by atoms with Crippen molar-refractivity contribution < 1.29 is 0 Å².